The third-order valence-corrected chi connectivity index (χ3v) is 2.52. The fourth-order valence-corrected chi connectivity index (χ4v) is 1.87. The Morgan fingerprint density at radius 2 is 2.06 bits per heavy atom. The highest BCUT2D eigenvalue weighted by atomic mass is 16.5. The van der Waals surface area contributed by atoms with Gasteiger partial charge in [-0.05, 0) is 11.8 Å². The summed E-state index contributed by atoms with van der Waals surface area (Å²) in [7, 11) is 0. The van der Waals surface area contributed by atoms with Crippen LogP contribution in [0.3, 0.4) is 0 Å². The minimum absolute atomic E-state index is 0.211. The average molecular weight is 255 g/mol. The van der Waals surface area contributed by atoms with Crippen LogP contribution in [0.1, 0.15) is 45.8 Å². The normalized spacial score (nSPS) is 12.3. The smallest absolute Gasteiger partial charge is 0.240 e. The molecule has 5 nitrogen and oxygen atoms in total. The minimum Gasteiger partial charge on any atom is -0.396 e. The fourth-order valence-electron chi connectivity index (χ4n) is 1.87. The van der Waals surface area contributed by atoms with Gasteiger partial charge in [-0.25, -0.2) is 0 Å². The Balaban J connectivity index is 2.59. The number of rotatable bonds is 7. The van der Waals surface area contributed by atoms with Crippen molar-refractivity contribution in [3.8, 4) is 0 Å². The second-order valence-electron chi connectivity index (χ2n) is 5.81. The maximum atomic E-state index is 8.94. The molecule has 104 valence electrons. The van der Waals surface area contributed by atoms with Crippen molar-refractivity contribution in [2.45, 2.75) is 47.1 Å². The van der Waals surface area contributed by atoms with Gasteiger partial charge in [0, 0.05) is 26.1 Å². The second kappa shape index (κ2) is 6.85. The first-order valence-corrected chi connectivity index (χ1v) is 6.59. The molecule has 1 N–H and O–H groups in total. The van der Waals surface area contributed by atoms with Crippen LogP contribution < -0.4 is 0 Å². The molecular formula is C13H25N3O2. The molecule has 0 amide bonds. The van der Waals surface area contributed by atoms with Crippen molar-refractivity contribution in [1.82, 2.24) is 15.0 Å². The van der Waals surface area contributed by atoms with E-state index >= 15 is 0 Å². The largest absolute Gasteiger partial charge is 0.396 e. The van der Waals surface area contributed by atoms with Crippen molar-refractivity contribution < 1.29 is 9.63 Å². The molecule has 0 aromatic carbocycles. The third kappa shape index (κ3) is 5.60. The Hall–Kier alpha value is -0.940. The van der Waals surface area contributed by atoms with Crippen LogP contribution in [0.25, 0.3) is 0 Å². The van der Waals surface area contributed by atoms with Crippen molar-refractivity contribution in [2.24, 2.45) is 5.41 Å². The van der Waals surface area contributed by atoms with Gasteiger partial charge >= 0.3 is 0 Å². The number of aromatic nitrogens is 2. The van der Waals surface area contributed by atoms with E-state index < -0.39 is 0 Å². The van der Waals surface area contributed by atoms with Crippen molar-refractivity contribution in [3.63, 3.8) is 0 Å². The third-order valence-electron chi connectivity index (χ3n) is 2.52. The molecule has 0 saturated carbocycles. The van der Waals surface area contributed by atoms with Crippen LogP contribution in [0.5, 0.6) is 0 Å². The summed E-state index contributed by atoms with van der Waals surface area (Å²) in [5.74, 6) is 1.41. The molecule has 1 aromatic rings. The van der Waals surface area contributed by atoms with Gasteiger partial charge in [-0.1, -0.05) is 32.9 Å². The van der Waals surface area contributed by atoms with Crippen molar-refractivity contribution in [2.75, 3.05) is 19.7 Å². The first kappa shape index (κ1) is 15.1. The van der Waals surface area contributed by atoms with Gasteiger partial charge in [0.2, 0.25) is 5.89 Å². The molecule has 0 bridgehead atoms. The van der Waals surface area contributed by atoms with E-state index in [0.717, 1.165) is 31.8 Å². The zero-order valence-corrected chi connectivity index (χ0v) is 11.9. The monoisotopic (exact) mass is 255 g/mol. The standard InChI is InChI=1S/C13H25N3O2/c1-5-11-14-12(18-15-11)9-16(7-6-8-17)10-13(2,3)4/h17H,5-10H2,1-4H3. The van der Waals surface area contributed by atoms with Gasteiger partial charge in [0.05, 0.1) is 6.54 Å². The number of aryl methyl sites for hydroxylation is 1. The summed E-state index contributed by atoms with van der Waals surface area (Å²) in [6, 6.07) is 0. The zero-order valence-electron chi connectivity index (χ0n) is 11.9. The molecule has 1 rings (SSSR count). The Bertz CT molecular complexity index is 344. The summed E-state index contributed by atoms with van der Waals surface area (Å²) in [5, 5.41) is 12.8. The summed E-state index contributed by atoms with van der Waals surface area (Å²) in [4.78, 5) is 6.58. The van der Waals surface area contributed by atoms with Crippen LogP contribution >= 0.6 is 0 Å². The number of nitrogens with zero attached hydrogens (tertiary/aromatic N) is 3. The first-order chi connectivity index (χ1) is 8.44. The van der Waals surface area contributed by atoms with Crippen LogP contribution in [-0.2, 0) is 13.0 Å². The summed E-state index contributed by atoms with van der Waals surface area (Å²) < 4.78 is 5.22. The number of aliphatic hydroxyl groups is 1. The molecule has 5 heteroatoms. The van der Waals surface area contributed by atoms with Gasteiger partial charge < -0.3 is 9.63 Å². The first-order valence-electron chi connectivity index (χ1n) is 6.59. The lowest BCUT2D eigenvalue weighted by Gasteiger charge is -2.28. The lowest BCUT2D eigenvalue weighted by Crippen LogP contribution is -2.33. The van der Waals surface area contributed by atoms with Crippen LogP contribution in [0.15, 0.2) is 4.52 Å². The summed E-state index contributed by atoms with van der Waals surface area (Å²) in [6.07, 6.45) is 1.56. The maximum absolute atomic E-state index is 8.94. The molecule has 1 aromatic heterocycles. The summed E-state index contributed by atoms with van der Waals surface area (Å²) in [6.45, 7) is 11.3. The van der Waals surface area contributed by atoms with E-state index in [-0.39, 0.29) is 12.0 Å². The van der Waals surface area contributed by atoms with E-state index in [1.54, 1.807) is 0 Å². The van der Waals surface area contributed by atoms with Gasteiger partial charge in [0.1, 0.15) is 0 Å². The van der Waals surface area contributed by atoms with Crippen molar-refractivity contribution >= 4 is 0 Å². The van der Waals surface area contributed by atoms with E-state index in [4.69, 9.17) is 9.63 Å². The summed E-state index contributed by atoms with van der Waals surface area (Å²) in [5.41, 5.74) is 0.211. The average Bonchev–Trinajstić information content (AvgIpc) is 2.71. The highest BCUT2D eigenvalue weighted by Gasteiger charge is 2.18. The predicted octanol–water partition coefficient (Wildman–Crippen LogP) is 1.86. The highest BCUT2D eigenvalue weighted by Crippen LogP contribution is 2.17. The molecule has 0 spiro atoms. The van der Waals surface area contributed by atoms with Crippen LogP contribution in [0, 0.1) is 5.41 Å². The quantitative estimate of drug-likeness (QED) is 0.805. The molecule has 0 aliphatic carbocycles. The molecule has 1 heterocycles. The molecule has 0 unspecified atom stereocenters. The van der Waals surface area contributed by atoms with E-state index in [0.29, 0.717) is 12.4 Å². The Kier molecular flexibility index (Phi) is 5.75. The number of hydrogen-bond acceptors (Lipinski definition) is 5. The summed E-state index contributed by atoms with van der Waals surface area (Å²) >= 11 is 0. The SMILES string of the molecule is CCc1noc(CN(CCCO)CC(C)(C)C)n1. The molecule has 0 atom stereocenters. The van der Waals surface area contributed by atoms with Gasteiger partial charge in [-0.3, -0.25) is 4.90 Å². The van der Waals surface area contributed by atoms with Gasteiger partial charge in [0.15, 0.2) is 5.82 Å². The molecule has 0 fully saturated rings. The lowest BCUT2D eigenvalue weighted by molar-refractivity contribution is 0.150. The van der Waals surface area contributed by atoms with Crippen LogP contribution in [-0.4, -0.2) is 39.8 Å². The molecule has 0 saturated heterocycles. The van der Waals surface area contributed by atoms with Gasteiger partial charge in [-0.15, -0.1) is 0 Å². The number of hydrogen-bond donors (Lipinski definition) is 1. The van der Waals surface area contributed by atoms with Crippen molar-refractivity contribution in [1.29, 1.82) is 0 Å². The molecule has 0 aliphatic heterocycles. The molecule has 0 aliphatic rings. The molecule has 0 radical (unpaired) electrons. The van der Waals surface area contributed by atoms with Gasteiger partial charge in [-0.2, -0.15) is 4.98 Å². The molecular weight excluding hydrogens is 230 g/mol. The lowest BCUT2D eigenvalue weighted by atomic mass is 9.96. The topological polar surface area (TPSA) is 62.4 Å². The van der Waals surface area contributed by atoms with Crippen LogP contribution in [0.2, 0.25) is 0 Å². The van der Waals surface area contributed by atoms with Crippen molar-refractivity contribution in [3.05, 3.63) is 11.7 Å². The van der Waals surface area contributed by atoms with E-state index in [1.807, 2.05) is 6.92 Å². The van der Waals surface area contributed by atoms with Gasteiger partial charge in [0.25, 0.3) is 0 Å². The number of aliphatic hydroxyl groups excluding tert-OH is 1. The maximum Gasteiger partial charge on any atom is 0.240 e. The van der Waals surface area contributed by atoms with E-state index in [1.165, 1.54) is 0 Å². The zero-order chi connectivity index (χ0) is 13.6. The minimum atomic E-state index is 0.211. The van der Waals surface area contributed by atoms with E-state index in [2.05, 4.69) is 35.8 Å². The second-order valence-corrected chi connectivity index (χ2v) is 5.81. The molecule has 18 heavy (non-hydrogen) atoms. The Morgan fingerprint density at radius 1 is 1.33 bits per heavy atom. The Labute approximate surface area is 109 Å². The van der Waals surface area contributed by atoms with Crippen LogP contribution in [0.4, 0.5) is 0 Å². The highest BCUT2D eigenvalue weighted by molar-refractivity contribution is 4.86. The van der Waals surface area contributed by atoms with E-state index in [9.17, 15) is 0 Å². The fraction of sp³-hybridized carbons (Fsp3) is 0.846. The predicted molar refractivity (Wildman–Crippen MR) is 70.1 cm³/mol. The Morgan fingerprint density at radius 3 is 2.56 bits per heavy atom.